The smallest absolute Gasteiger partial charge is 0.367 e. The molecule has 96 valence electrons. The summed E-state index contributed by atoms with van der Waals surface area (Å²) in [4.78, 5) is 0. The van der Waals surface area contributed by atoms with Crippen molar-refractivity contribution in [3.8, 4) is 0 Å². The molecular weight excluding hydrogens is 271 g/mol. The van der Waals surface area contributed by atoms with Crippen LogP contribution in [0.15, 0.2) is 0 Å². The van der Waals surface area contributed by atoms with Crippen LogP contribution < -0.4 is 0 Å². The van der Waals surface area contributed by atoms with Crippen LogP contribution in [0.1, 0.15) is 6.42 Å². The fourth-order valence-corrected chi connectivity index (χ4v) is 2.90. The highest BCUT2D eigenvalue weighted by atomic mass is 35.5. The number of alkyl halides is 4. The molecule has 0 aliphatic carbocycles. The minimum absolute atomic E-state index is 0.234. The van der Waals surface area contributed by atoms with Crippen molar-refractivity contribution in [3.63, 3.8) is 0 Å². The van der Waals surface area contributed by atoms with E-state index in [1.807, 2.05) is 0 Å². The van der Waals surface area contributed by atoms with E-state index >= 15 is 0 Å². The van der Waals surface area contributed by atoms with E-state index in [0.717, 1.165) is 7.11 Å². The zero-order valence-corrected chi connectivity index (χ0v) is 9.99. The van der Waals surface area contributed by atoms with Gasteiger partial charge in [-0.25, -0.2) is 8.42 Å². The van der Waals surface area contributed by atoms with Gasteiger partial charge in [0.1, 0.15) is 5.21 Å². The normalized spacial score (nSPS) is 28.6. The van der Waals surface area contributed by atoms with E-state index in [0.29, 0.717) is 4.31 Å². The molecule has 0 aromatic rings. The molecule has 9 heteroatoms. The monoisotopic (exact) mass is 281 g/mol. The number of hydrogen-bond donors (Lipinski definition) is 0. The van der Waals surface area contributed by atoms with E-state index in [9.17, 15) is 21.6 Å². The second-order valence-electron chi connectivity index (χ2n) is 3.50. The first-order valence-electron chi connectivity index (χ1n) is 4.34. The fourth-order valence-electron chi connectivity index (χ4n) is 1.57. The first-order chi connectivity index (χ1) is 7.18. The van der Waals surface area contributed by atoms with Gasteiger partial charge < -0.3 is 4.74 Å². The van der Waals surface area contributed by atoms with Crippen molar-refractivity contribution < 1.29 is 26.3 Å². The molecule has 1 aliphatic heterocycles. The maximum Gasteiger partial charge on any atom is 0.418 e. The summed E-state index contributed by atoms with van der Waals surface area (Å²) in [5.74, 6) is 0. The third-order valence-electron chi connectivity index (χ3n) is 2.64. The Morgan fingerprint density at radius 1 is 1.50 bits per heavy atom. The summed E-state index contributed by atoms with van der Waals surface area (Å²) >= 11 is 5.17. The molecule has 0 saturated carbocycles. The van der Waals surface area contributed by atoms with Crippen molar-refractivity contribution in [1.82, 2.24) is 4.31 Å². The number of hydrogen-bond acceptors (Lipinski definition) is 3. The lowest BCUT2D eigenvalue weighted by atomic mass is 10.0. The van der Waals surface area contributed by atoms with Gasteiger partial charge in [-0.1, -0.05) is 0 Å². The van der Waals surface area contributed by atoms with E-state index in [1.54, 1.807) is 0 Å². The first kappa shape index (κ1) is 14.0. The summed E-state index contributed by atoms with van der Waals surface area (Å²) in [6, 6.07) is 0. The highest BCUT2D eigenvalue weighted by Gasteiger charge is 2.60. The van der Waals surface area contributed by atoms with Crippen LogP contribution in [0.25, 0.3) is 0 Å². The molecule has 0 amide bonds. The lowest BCUT2D eigenvalue weighted by Crippen LogP contribution is -2.49. The van der Waals surface area contributed by atoms with E-state index in [4.69, 9.17) is 11.6 Å². The van der Waals surface area contributed by atoms with Crippen LogP contribution in [-0.4, -0.2) is 49.9 Å². The van der Waals surface area contributed by atoms with Gasteiger partial charge in [0.05, 0.1) is 6.54 Å². The number of rotatable bonds is 3. The van der Waals surface area contributed by atoms with Gasteiger partial charge in [0.15, 0.2) is 5.60 Å². The molecule has 1 saturated heterocycles. The van der Waals surface area contributed by atoms with Gasteiger partial charge in [0.25, 0.3) is 0 Å². The van der Waals surface area contributed by atoms with Crippen LogP contribution in [0, 0.1) is 0 Å². The molecule has 0 aromatic carbocycles. The van der Waals surface area contributed by atoms with Crippen molar-refractivity contribution in [2.24, 2.45) is 0 Å². The number of sulfonamides is 1. The quantitative estimate of drug-likeness (QED) is 0.730. The lowest BCUT2D eigenvalue weighted by molar-refractivity contribution is -0.262. The Kier molecular flexibility index (Phi) is 3.78. The van der Waals surface area contributed by atoms with Crippen molar-refractivity contribution >= 4 is 21.6 Å². The summed E-state index contributed by atoms with van der Waals surface area (Å²) in [6.45, 7) is -0.968. The molecule has 1 aliphatic rings. The average molecular weight is 282 g/mol. The standard InChI is InChI=1S/C7H11ClF3NO3S/c1-15-6(7(9,10)11)2-3-12(4-6)16(13,14)5-8/h2-5H2,1H3. The third kappa shape index (κ3) is 2.29. The van der Waals surface area contributed by atoms with E-state index in [-0.39, 0.29) is 6.54 Å². The molecule has 0 radical (unpaired) electrons. The molecule has 1 rings (SSSR count). The largest absolute Gasteiger partial charge is 0.418 e. The molecule has 16 heavy (non-hydrogen) atoms. The Morgan fingerprint density at radius 3 is 2.38 bits per heavy atom. The van der Waals surface area contributed by atoms with Crippen LogP contribution in [0.2, 0.25) is 0 Å². The molecule has 1 fully saturated rings. The SMILES string of the molecule is COC1(C(F)(F)F)CCN(S(=O)(=O)CCl)C1. The summed E-state index contributed by atoms with van der Waals surface area (Å²) < 4.78 is 65.9. The zero-order valence-electron chi connectivity index (χ0n) is 8.42. The van der Waals surface area contributed by atoms with Crippen LogP contribution in [0.5, 0.6) is 0 Å². The second-order valence-corrected chi connectivity index (χ2v) is 6.05. The van der Waals surface area contributed by atoms with Gasteiger partial charge >= 0.3 is 6.18 Å². The molecular formula is C7H11ClF3NO3S. The molecule has 1 atom stereocenters. The van der Waals surface area contributed by atoms with Gasteiger partial charge in [0.2, 0.25) is 10.0 Å². The molecule has 0 aromatic heterocycles. The Bertz CT molecular complexity index is 358. The molecule has 0 N–H and O–H groups in total. The highest BCUT2D eigenvalue weighted by molar-refractivity contribution is 7.90. The third-order valence-corrected chi connectivity index (χ3v) is 4.84. The summed E-state index contributed by atoms with van der Waals surface area (Å²) in [5, 5.41) is -0.731. The Balaban J connectivity index is 2.93. The topological polar surface area (TPSA) is 46.6 Å². The van der Waals surface area contributed by atoms with E-state index < -0.39 is 40.0 Å². The minimum atomic E-state index is -4.60. The first-order valence-corrected chi connectivity index (χ1v) is 6.48. The van der Waals surface area contributed by atoms with Crippen molar-refractivity contribution in [2.75, 3.05) is 25.4 Å². The Labute approximate surface area is 96.4 Å². The molecule has 1 heterocycles. The lowest BCUT2D eigenvalue weighted by Gasteiger charge is -2.29. The fraction of sp³-hybridized carbons (Fsp3) is 1.00. The Hall–Kier alpha value is -0.0500. The number of methoxy groups -OCH3 is 1. The van der Waals surface area contributed by atoms with Crippen LogP contribution in [0.3, 0.4) is 0 Å². The van der Waals surface area contributed by atoms with Crippen LogP contribution in [0.4, 0.5) is 13.2 Å². The van der Waals surface area contributed by atoms with Gasteiger partial charge in [-0.15, -0.1) is 11.6 Å². The number of ether oxygens (including phenoxy) is 1. The summed E-state index contributed by atoms with van der Waals surface area (Å²) in [6.07, 6.45) is -5.01. The second kappa shape index (κ2) is 4.32. The molecule has 4 nitrogen and oxygen atoms in total. The van der Waals surface area contributed by atoms with E-state index in [2.05, 4.69) is 4.74 Å². The summed E-state index contributed by atoms with van der Waals surface area (Å²) in [7, 11) is -2.90. The predicted octanol–water partition coefficient (Wildman–Crippen LogP) is 1.17. The Morgan fingerprint density at radius 2 is 2.06 bits per heavy atom. The van der Waals surface area contributed by atoms with Crippen LogP contribution >= 0.6 is 11.6 Å². The number of nitrogens with zero attached hydrogens (tertiary/aromatic N) is 1. The molecule has 0 spiro atoms. The molecule has 0 bridgehead atoms. The van der Waals surface area contributed by atoms with Crippen molar-refractivity contribution in [1.29, 1.82) is 0 Å². The predicted molar refractivity (Wildman–Crippen MR) is 51.6 cm³/mol. The highest BCUT2D eigenvalue weighted by Crippen LogP contribution is 2.41. The van der Waals surface area contributed by atoms with Gasteiger partial charge in [0, 0.05) is 20.1 Å². The maximum atomic E-state index is 12.7. The zero-order chi connectivity index (χ0) is 12.6. The van der Waals surface area contributed by atoms with Gasteiger partial charge in [-0.3, -0.25) is 0 Å². The summed E-state index contributed by atoms with van der Waals surface area (Å²) in [5.41, 5.74) is -2.41. The van der Waals surface area contributed by atoms with Gasteiger partial charge in [-0.2, -0.15) is 17.5 Å². The molecule has 1 unspecified atom stereocenters. The van der Waals surface area contributed by atoms with Crippen LogP contribution in [-0.2, 0) is 14.8 Å². The minimum Gasteiger partial charge on any atom is -0.367 e. The van der Waals surface area contributed by atoms with E-state index in [1.165, 1.54) is 0 Å². The van der Waals surface area contributed by atoms with Gasteiger partial charge in [-0.05, 0) is 0 Å². The van der Waals surface area contributed by atoms with Crippen molar-refractivity contribution in [2.45, 2.75) is 18.2 Å². The number of halogens is 4. The average Bonchev–Trinajstić information content (AvgIpc) is 2.62. The maximum absolute atomic E-state index is 12.7. The van der Waals surface area contributed by atoms with Crippen molar-refractivity contribution in [3.05, 3.63) is 0 Å².